The van der Waals surface area contributed by atoms with Crippen molar-refractivity contribution >= 4 is 15.9 Å². The van der Waals surface area contributed by atoms with Crippen molar-refractivity contribution in [3.8, 4) is 11.4 Å². The normalized spacial score (nSPS) is 10.1. The molecule has 0 aromatic carbocycles. The number of aryl methyl sites for hydroxylation is 1. The summed E-state index contributed by atoms with van der Waals surface area (Å²) < 4.78 is 0.874. The lowest BCUT2D eigenvalue weighted by atomic mass is 10.3. The molecule has 2 heterocycles. The Kier molecular flexibility index (Phi) is 2.45. The van der Waals surface area contributed by atoms with Crippen LogP contribution in [0.4, 0.5) is 0 Å². The number of halogens is 1. The molecule has 0 fully saturated rings. The van der Waals surface area contributed by atoms with Crippen molar-refractivity contribution < 1.29 is 0 Å². The van der Waals surface area contributed by atoms with Crippen LogP contribution in [0.15, 0.2) is 22.9 Å². The number of hydrogen-bond acceptors (Lipinski definition) is 5. The Bertz CT molecular complexity index is 442. The minimum atomic E-state index is 0.476. The van der Waals surface area contributed by atoms with Crippen LogP contribution >= 0.6 is 15.9 Å². The summed E-state index contributed by atoms with van der Waals surface area (Å²) in [5, 5.41) is 15.4. The molecular weight excluding hydrogens is 246 g/mol. The number of aromatic nitrogens is 5. The zero-order valence-electron chi connectivity index (χ0n) is 7.35. The summed E-state index contributed by atoms with van der Waals surface area (Å²) in [6.45, 7) is 1.74. The minimum Gasteiger partial charge on any atom is -0.263 e. The van der Waals surface area contributed by atoms with E-state index < -0.39 is 0 Å². The molecule has 70 valence electrons. The predicted molar refractivity (Wildman–Crippen MR) is 53.3 cm³/mol. The van der Waals surface area contributed by atoms with Crippen LogP contribution in [0.5, 0.6) is 0 Å². The fourth-order valence-corrected chi connectivity index (χ4v) is 1.29. The first kappa shape index (κ1) is 9.14. The molecular formula is C8H6BrN5. The van der Waals surface area contributed by atoms with Crippen LogP contribution in [0.3, 0.4) is 0 Å². The van der Waals surface area contributed by atoms with Crippen molar-refractivity contribution in [2.24, 2.45) is 0 Å². The Labute approximate surface area is 88.8 Å². The smallest absolute Gasteiger partial charge is 0.205 e. The summed E-state index contributed by atoms with van der Waals surface area (Å²) >= 11 is 3.32. The molecule has 6 heteroatoms. The number of pyridine rings is 1. The molecule has 0 aliphatic rings. The van der Waals surface area contributed by atoms with Crippen molar-refractivity contribution in [1.29, 1.82) is 0 Å². The van der Waals surface area contributed by atoms with Crippen molar-refractivity contribution in [1.82, 2.24) is 25.4 Å². The van der Waals surface area contributed by atoms with Crippen molar-refractivity contribution in [2.45, 2.75) is 6.92 Å². The van der Waals surface area contributed by atoms with Gasteiger partial charge in [-0.15, -0.1) is 20.4 Å². The van der Waals surface area contributed by atoms with Crippen LogP contribution in [0.2, 0.25) is 0 Å². The third-order valence-electron chi connectivity index (χ3n) is 1.54. The van der Waals surface area contributed by atoms with Gasteiger partial charge in [-0.05, 0) is 28.9 Å². The van der Waals surface area contributed by atoms with Crippen LogP contribution in [-0.2, 0) is 0 Å². The Hall–Kier alpha value is -1.43. The van der Waals surface area contributed by atoms with Gasteiger partial charge >= 0.3 is 0 Å². The second-order valence-electron chi connectivity index (χ2n) is 2.66. The average Bonchev–Trinajstić information content (AvgIpc) is 2.19. The predicted octanol–water partition coefficient (Wildman–Crippen LogP) is 1.40. The second kappa shape index (κ2) is 3.75. The zero-order valence-corrected chi connectivity index (χ0v) is 8.93. The lowest BCUT2D eigenvalue weighted by Crippen LogP contribution is -1.98. The molecule has 2 aromatic rings. The van der Waals surface area contributed by atoms with E-state index in [0.717, 1.165) is 10.0 Å². The van der Waals surface area contributed by atoms with Crippen LogP contribution in [0.1, 0.15) is 5.82 Å². The van der Waals surface area contributed by atoms with Gasteiger partial charge in [0.05, 0.1) is 0 Å². The van der Waals surface area contributed by atoms with E-state index in [0.29, 0.717) is 11.6 Å². The van der Waals surface area contributed by atoms with E-state index in [2.05, 4.69) is 41.3 Å². The van der Waals surface area contributed by atoms with Crippen LogP contribution in [0, 0.1) is 6.92 Å². The third-order valence-corrected chi connectivity index (χ3v) is 1.98. The van der Waals surface area contributed by atoms with Crippen LogP contribution in [0.25, 0.3) is 11.4 Å². The molecule has 14 heavy (non-hydrogen) atoms. The van der Waals surface area contributed by atoms with Gasteiger partial charge in [0.2, 0.25) is 5.82 Å². The number of nitrogens with zero attached hydrogens (tertiary/aromatic N) is 5. The fourth-order valence-electron chi connectivity index (χ4n) is 0.929. The largest absolute Gasteiger partial charge is 0.263 e. The summed E-state index contributed by atoms with van der Waals surface area (Å²) in [4.78, 5) is 4.00. The molecule has 0 saturated carbocycles. The standard InChI is InChI=1S/C8H6BrN5/c1-5-11-13-8(14-12-5)6-2-7(9)4-10-3-6/h2-4H,1H3. The number of hydrogen-bond donors (Lipinski definition) is 0. The van der Waals surface area contributed by atoms with E-state index in [-0.39, 0.29) is 0 Å². The number of rotatable bonds is 1. The molecule has 0 atom stereocenters. The van der Waals surface area contributed by atoms with Gasteiger partial charge in [-0.25, -0.2) is 0 Å². The lowest BCUT2D eigenvalue weighted by molar-refractivity contribution is 0.815. The van der Waals surface area contributed by atoms with E-state index >= 15 is 0 Å². The maximum atomic E-state index is 4.00. The zero-order chi connectivity index (χ0) is 9.97. The van der Waals surface area contributed by atoms with E-state index in [1.807, 2.05) is 6.07 Å². The van der Waals surface area contributed by atoms with E-state index in [4.69, 9.17) is 0 Å². The molecule has 0 aliphatic heterocycles. The van der Waals surface area contributed by atoms with Crippen molar-refractivity contribution in [3.05, 3.63) is 28.8 Å². The van der Waals surface area contributed by atoms with Gasteiger partial charge in [0.25, 0.3) is 0 Å². The fraction of sp³-hybridized carbons (Fsp3) is 0.125. The molecule has 0 amide bonds. The highest BCUT2D eigenvalue weighted by molar-refractivity contribution is 9.10. The molecule has 0 saturated heterocycles. The Morgan fingerprint density at radius 2 is 1.79 bits per heavy atom. The van der Waals surface area contributed by atoms with Crippen LogP contribution in [-0.4, -0.2) is 25.4 Å². The molecule has 0 bridgehead atoms. The molecule has 0 N–H and O–H groups in total. The molecule has 0 spiro atoms. The summed E-state index contributed by atoms with van der Waals surface area (Å²) in [6, 6.07) is 1.86. The Morgan fingerprint density at radius 1 is 1.07 bits per heavy atom. The first-order valence-electron chi connectivity index (χ1n) is 3.90. The Morgan fingerprint density at radius 3 is 2.43 bits per heavy atom. The summed E-state index contributed by atoms with van der Waals surface area (Å²) in [5.74, 6) is 1.03. The van der Waals surface area contributed by atoms with Crippen molar-refractivity contribution in [3.63, 3.8) is 0 Å². The molecule has 5 nitrogen and oxygen atoms in total. The summed E-state index contributed by atoms with van der Waals surface area (Å²) in [6.07, 6.45) is 3.36. The van der Waals surface area contributed by atoms with Gasteiger partial charge in [-0.3, -0.25) is 4.98 Å². The molecule has 0 radical (unpaired) electrons. The molecule has 0 aliphatic carbocycles. The van der Waals surface area contributed by atoms with Crippen LogP contribution < -0.4 is 0 Å². The van der Waals surface area contributed by atoms with Gasteiger partial charge in [0.15, 0.2) is 5.82 Å². The quantitative estimate of drug-likeness (QED) is 0.767. The lowest BCUT2D eigenvalue weighted by Gasteiger charge is -1.97. The van der Waals surface area contributed by atoms with E-state index in [1.165, 1.54) is 0 Å². The van der Waals surface area contributed by atoms with E-state index in [9.17, 15) is 0 Å². The summed E-state index contributed by atoms with van der Waals surface area (Å²) in [7, 11) is 0. The van der Waals surface area contributed by atoms with E-state index in [1.54, 1.807) is 19.3 Å². The first-order chi connectivity index (χ1) is 6.75. The highest BCUT2D eigenvalue weighted by Gasteiger charge is 2.03. The highest BCUT2D eigenvalue weighted by Crippen LogP contribution is 2.16. The monoisotopic (exact) mass is 251 g/mol. The van der Waals surface area contributed by atoms with Crippen molar-refractivity contribution in [2.75, 3.05) is 0 Å². The van der Waals surface area contributed by atoms with Gasteiger partial charge in [-0.1, -0.05) is 0 Å². The van der Waals surface area contributed by atoms with Gasteiger partial charge < -0.3 is 0 Å². The topological polar surface area (TPSA) is 64.5 Å². The third kappa shape index (κ3) is 1.90. The highest BCUT2D eigenvalue weighted by atomic mass is 79.9. The summed E-state index contributed by atoms with van der Waals surface area (Å²) in [5.41, 5.74) is 0.791. The van der Waals surface area contributed by atoms with Gasteiger partial charge in [0.1, 0.15) is 0 Å². The SMILES string of the molecule is Cc1nnc(-c2cncc(Br)c2)nn1. The molecule has 0 unspecified atom stereocenters. The minimum absolute atomic E-state index is 0.476. The second-order valence-corrected chi connectivity index (χ2v) is 3.58. The maximum Gasteiger partial charge on any atom is 0.205 e. The maximum absolute atomic E-state index is 4.00. The Balaban J connectivity index is 2.44. The molecule has 2 rings (SSSR count). The average molecular weight is 252 g/mol. The molecule has 2 aromatic heterocycles. The first-order valence-corrected chi connectivity index (χ1v) is 4.70. The van der Waals surface area contributed by atoms with Gasteiger partial charge in [-0.2, -0.15) is 0 Å². The van der Waals surface area contributed by atoms with Gasteiger partial charge in [0, 0.05) is 22.4 Å².